The molecule has 0 spiro atoms. The van der Waals surface area contributed by atoms with E-state index in [1.165, 1.54) is 6.07 Å². The summed E-state index contributed by atoms with van der Waals surface area (Å²) in [6.07, 6.45) is 0.344. The van der Waals surface area contributed by atoms with Gasteiger partial charge in [-0.1, -0.05) is 30.3 Å². The monoisotopic (exact) mass is 457 g/mol. The molecule has 1 saturated heterocycles. The van der Waals surface area contributed by atoms with E-state index in [1.54, 1.807) is 24.1 Å². The highest BCUT2D eigenvalue weighted by Crippen LogP contribution is 2.28. The summed E-state index contributed by atoms with van der Waals surface area (Å²) >= 11 is 0. The van der Waals surface area contributed by atoms with Crippen molar-refractivity contribution in [1.29, 1.82) is 0 Å². The summed E-state index contributed by atoms with van der Waals surface area (Å²) in [5.74, 6) is -0.811. The normalized spacial score (nSPS) is 15.8. The largest absolute Gasteiger partial charge is 0.460 e. The number of carbonyl (C=O) groups is 2. The van der Waals surface area contributed by atoms with Crippen LogP contribution in [0.1, 0.15) is 32.8 Å². The Morgan fingerprint density at radius 3 is 2.58 bits per heavy atom. The van der Waals surface area contributed by atoms with Crippen molar-refractivity contribution >= 4 is 23.4 Å². The van der Waals surface area contributed by atoms with E-state index < -0.39 is 17.4 Å². The molecule has 2 aromatic rings. The predicted octanol–water partition coefficient (Wildman–Crippen LogP) is 4.43. The molecule has 1 aliphatic rings. The molecule has 0 radical (unpaired) electrons. The second-order valence-corrected chi connectivity index (χ2v) is 9.15. The number of ether oxygens (including phenoxy) is 2. The lowest BCUT2D eigenvalue weighted by Gasteiger charge is -2.29. The van der Waals surface area contributed by atoms with Crippen molar-refractivity contribution in [1.82, 2.24) is 4.90 Å². The fourth-order valence-corrected chi connectivity index (χ4v) is 3.60. The van der Waals surface area contributed by atoms with E-state index in [-0.39, 0.29) is 25.3 Å². The smallest absolute Gasteiger partial charge is 0.410 e. The van der Waals surface area contributed by atoms with Gasteiger partial charge in [-0.05, 0) is 51.0 Å². The molecule has 0 aromatic heterocycles. The summed E-state index contributed by atoms with van der Waals surface area (Å²) in [7, 11) is 1.71. The molecule has 1 aliphatic heterocycles. The van der Waals surface area contributed by atoms with Crippen LogP contribution in [-0.2, 0) is 20.9 Å². The van der Waals surface area contributed by atoms with Gasteiger partial charge in [0.2, 0.25) is 0 Å². The van der Waals surface area contributed by atoms with Crippen LogP contribution in [0.15, 0.2) is 48.5 Å². The third kappa shape index (κ3) is 7.10. The molecule has 0 bridgehead atoms. The number of rotatable bonds is 7. The highest BCUT2D eigenvalue weighted by atomic mass is 19.1. The average molecular weight is 458 g/mol. The van der Waals surface area contributed by atoms with Crippen LogP contribution in [0.2, 0.25) is 0 Å². The molecule has 178 valence electrons. The molecule has 1 fully saturated rings. The standard InChI is InChI=1S/C25H32FN3O4/c1-25(2,3)33-24(31)28(4)20-12-13-29(16-20)22-11-10-19(14-21(22)26)27-15-23(30)32-17-18-8-6-5-7-9-18/h5-11,14,20,27H,12-13,15-17H2,1-4H3. The van der Waals surface area contributed by atoms with E-state index in [9.17, 15) is 14.0 Å². The van der Waals surface area contributed by atoms with Crippen molar-refractivity contribution < 1.29 is 23.5 Å². The zero-order valence-corrected chi connectivity index (χ0v) is 19.6. The maximum absolute atomic E-state index is 14.8. The van der Waals surface area contributed by atoms with Crippen molar-refractivity contribution in [3.8, 4) is 0 Å². The van der Waals surface area contributed by atoms with Crippen molar-refractivity contribution in [3.63, 3.8) is 0 Å². The Labute approximate surface area is 194 Å². The second kappa shape index (κ2) is 10.6. The average Bonchev–Trinajstić information content (AvgIpc) is 3.25. The maximum atomic E-state index is 14.8. The molecule has 3 rings (SSSR count). The molecule has 1 heterocycles. The first kappa shape index (κ1) is 24.4. The van der Waals surface area contributed by atoms with Gasteiger partial charge in [-0.15, -0.1) is 0 Å². The third-order valence-electron chi connectivity index (χ3n) is 5.36. The number of likely N-dealkylation sites (N-methyl/N-ethyl adjacent to an activating group) is 1. The molecule has 7 nitrogen and oxygen atoms in total. The van der Waals surface area contributed by atoms with Gasteiger partial charge in [-0.3, -0.25) is 4.79 Å². The summed E-state index contributed by atoms with van der Waals surface area (Å²) in [5.41, 5.74) is 1.30. The van der Waals surface area contributed by atoms with Gasteiger partial charge in [0.15, 0.2) is 0 Å². The van der Waals surface area contributed by atoms with E-state index in [2.05, 4.69) is 5.32 Å². The minimum Gasteiger partial charge on any atom is -0.460 e. The Kier molecular flexibility index (Phi) is 7.79. The summed E-state index contributed by atoms with van der Waals surface area (Å²) in [6, 6.07) is 14.1. The Hall–Kier alpha value is -3.29. The Morgan fingerprint density at radius 1 is 1.18 bits per heavy atom. The van der Waals surface area contributed by atoms with Crippen LogP contribution in [0.3, 0.4) is 0 Å². The van der Waals surface area contributed by atoms with Crippen molar-refractivity contribution in [2.45, 2.75) is 45.4 Å². The van der Waals surface area contributed by atoms with Crippen molar-refractivity contribution in [2.24, 2.45) is 0 Å². The number of amides is 1. The van der Waals surface area contributed by atoms with Gasteiger partial charge in [-0.2, -0.15) is 0 Å². The molecule has 33 heavy (non-hydrogen) atoms. The molecule has 1 amide bonds. The van der Waals surface area contributed by atoms with Gasteiger partial charge in [0.25, 0.3) is 0 Å². The fourth-order valence-electron chi connectivity index (χ4n) is 3.60. The third-order valence-corrected chi connectivity index (χ3v) is 5.36. The quantitative estimate of drug-likeness (QED) is 0.621. The number of benzene rings is 2. The van der Waals surface area contributed by atoms with Crippen LogP contribution in [0, 0.1) is 5.82 Å². The number of hydrogen-bond acceptors (Lipinski definition) is 6. The van der Waals surface area contributed by atoms with Crippen LogP contribution >= 0.6 is 0 Å². The van der Waals surface area contributed by atoms with E-state index in [0.29, 0.717) is 24.5 Å². The van der Waals surface area contributed by atoms with Crippen LogP contribution in [0.5, 0.6) is 0 Å². The van der Waals surface area contributed by atoms with E-state index in [0.717, 1.165) is 12.0 Å². The van der Waals surface area contributed by atoms with Crippen LogP contribution in [0.25, 0.3) is 0 Å². The minimum atomic E-state index is -0.563. The van der Waals surface area contributed by atoms with Gasteiger partial charge >= 0.3 is 12.1 Å². The van der Waals surface area contributed by atoms with Gasteiger partial charge in [0.1, 0.15) is 24.6 Å². The Balaban J connectivity index is 1.50. The lowest BCUT2D eigenvalue weighted by Crippen LogP contribution is -2.42. The zero-order chi connectivity index (χ0) is 24.0. The fraction of sp³-hybridized carbons (Fsp3) is 0.440. The number of esters is 1. The summed E-state index contributed by atoms with van der Waals surface area (Å²) < 4.78 is 25.5. The molecular weight excluding hydrogens is 425 g/mol. The first-order valence-electron chi connectivity index (χ1n) is 11.1. The van der Waals surface area contributed by atoms with Crippen molar-refractivity contribution in [3.05, 3.63) is 59.9 Å². The van der Waals surface area contributed by atoms with Crippen LogP contribution in [0.4, 0.5) is 20.6 Å². The zero-order valence-electron chi connectivity index (χ0n) is 19.6. The SMILES string of the molecule is CN(C(=O)OC(C)(C)C)C1CCN(c2ccc(NCC(=O)OCc3ccccc3)cc2F)C1. The second-order valence-electron chi connectivity index (χ2n) is 9.15. The number of halogens is 1. The summed E-state index contributed by atoms with van der Waals surface area (Å²) in [5, 5.41) is 2.90. The lowest BCUT2D eigenvalue weighted by atomic mass is 10.2. The van der Waals surface area contributed by atoms with Gasteiger partial charge in [-0.25, -0.2) is 9.18 Å². The highest BCUT2D eigenvalue weighted by molar-refractivity contribution is 5.75. The number of anilines is 2. The molecule has 2 aromatic carbocycles. The molecular formula is C25H32FN3O4. The van der Waals surface area contributed by atoms with E-state index >= 15 is 0 Å². The van der Waals surface area contributed by atoms with Gasteiger partial charge in [0, 0.05) is 25.8 Å². The lowest BCUT2D eigenvalue weighted by molar-refractivity contribution is -0.142. The first-order chi connectivity index (χ1) is 15.6. The number of hydrogen-bond donors (Lipinski definition) is 1. The van der Waals surface area contributed by atoms with Crippen LogP contribution < -0.4 is 10.2 Å². The number of nitrogens with one attached hydrogen (secondary N) is 1. The predicted molar refractivity (Wildman–Crippen MR) is 126 cm³/mol. The Bertz CT molecular complexity index is 962. The molecule has 1 atom stereocenters. The molecule has 0 saturated carbocycles. The topological polar surface area (TPSA) is 71.1 Å². The number of nitrogens with zero attached hydrogens (tertiary/aromatic N) is 2. The van der Waals surface area contributed by atoms with E-state index in [4.69, 9.17) is 9.47 Å². The van der Waals surface area contributed by atoms with Crippen LogP contribution in [-0.4, -0.2) is 55.3 Å². The molecule has 0 aliphatic carbocycles. The number of carbonyl (C=O) groups excluding carboxylic acids is 2. The molecule has 1 unspecified atom stereocenters. The Morgan fingerprint density at radius 2 is 1.91 bits per heavy atom. The minimum absolute atomic E-state index is 0.0574. The summed E-state index contributed by atoms with van der Waals surface area (Å²) in [4.78, 5) is 27.8. The highest BCUT2D eigenvalue weighted by Gasteiger charge is 2.32. The van der Waals surface area contributed by atoms with Crippen molar-refractivity contribution in [2.75, 3.05) is 36.9 Å². The maximum Gasteiger partial charge on any atom is 0.410 e. The first-order valence-corrected chi connectivity index (χ1v) is 11.1. The van der Waals surface area contributed by atoms with Gasteiger partial charge in [0.05, 0.1) is 11.7 Å². The van der Waals surface area contributed by atoms with E-state index in [1.807, 2.05) is 56.0 Å². The van der Waals surface area contributed by atoms with Gasteiger partial charge < -0.3 is 24.6 Å². The summed E-state index contributed by atoms with van der Waals surface area (Å²) in [6.45, 7) is 6.77. The molecule has 8 heteroatoms. The molecule has 1 N–H and O–H groups in total.